The molecule has 0 aliphatic heterocycles. The van der Waals surface area contributed by atoms with Crippen LogP contribution in [0.5, 0.6) is 5.75 Å². The van der Waals surface area contributed by atoms with Gasteiger partial charge in [-0.25, -0.2) is 4.68 Å². The fourth-order valence-corrected chi connectivity index (χ4v) is 1.54. The second-order valence-corrected chi connectivity index (χ2v) is 3.30. The van der Waals surface area contributed by atoms with Gasteiger partial charge in [-0.3, -0.25) is 4.79 Å². The van der Waals surface area contributed by atoms with Crippen LogP contribution < -0.4 is 0 Å². The number of phenols is 1. The minimum atomic E-state index is 0.187. The summed E-state index contributed by atoms with van der Waals surface area (Å²) in [5.41, 5.74) is 1.80. The van der Waals surface area contributed by atoms with E-state index in [-0.39, 0.29) is 5.75 Å². The lowest BCUT2D eigenvalue weighted by atomic mass is 10.1. The van der Waals surface area contributed by atoms with Crippen molar-refractivity contribution in [3.8, 4) is 17.0 Å². The van der Waals surface area contributed by atoms with Gasteiger partial charge in [-0.05, 0) is 31.2 Å². The van der Waals surface area contributed by atoms with Crippen molar-refractivity contribution in [2.75, 3.05) is 0 Å². The normalized spacial score (nSPS) is 10.3. The van der Waals surface area contributed by atoms with Crippen LogP contribution in [-0.4, -0.2) is 26.4 Å². The molecule has 1 aromatic heterocycles. The molecule has 2 aromatic rings. The van der Waals surface area contributed by atoms with E-state index in [1.54, 1.807) is 28.9 Å². The summed E-state index contributed by atoms with van der Waals surface area (Å²) < 4.78 is 1.65. The van der Waals surface area contributed by atoms with Crippen LogP contribution in [0.25, 0.3) is 11.3 Å². The first-order valence-electron chi connectivity index (χ1n) is 4.94. The molecule has 0 saturated heterocycles. The van der Waals surface area contributed by atoms with Gasteiger partial charge in [0.05, 0.1) is 5.69 Å². The van der Waals surface area contributed by atoms with E-state index >= 15 is 0 Å². The van der Waals surface area contributed by atoms with Crippen molar-refractivity contribution < 1.29 is 9.90 Å². The highest BCUT2D eigenvalue weighted by molar-refractivity contribution is 5.83. The number of carbonyl (C=O) groups excluding carboxylic acids is 1. The Morgan fingerprint density at radius 2 is 2.06 bits per heavy atom. The van der Waals surface area contributed by atoms with E-state index in [0.29, 0.717) is 24.2 Å². The number of aryl methyl sites for hydroxylation is 1. The van der Waals surface area contributed by atoms with Crippen LogP contribution in [0.4, 0.5) is 0 Å². The zero-order chi connectivity index (χ0) is 11.5. The third-order valence-electron chi connectivity index (χ3n) is 2.31. The topological polar surface area (TPSA) is 68.0 Å². The molecule has 0 fully saturated rings. The summed E-state index contributed by atoms with van der Waals surface area (Å²) in [6, 6.07) is 6.59. The monoisotopic (exact) mass is 217 g/mol. The molecule has 1 heterocycles. The van der Waals surface area contributed by atoms with Crippen molar-refractivity contribution in [1.82, 2.24) is 15.0 Å². The van der Waals surface area contributed by atoms with Gasteiger partial charge in [0.15, 0.2) is 12.0 Å². The number of phenolic OH excluding ortho intramolecular Hbond substituents is 1. The van der Waals surface area contributed by atoms with E-state index in [2.05, 4.69) is 10.3 Å². The molecule has 0 saturated carbocycles. The summed E-state index contributed by atoms with van der Waals surface area (Å²) in [7, 11) is 0. The molecule has 5 heteroatoms. The molecule has 0 aliphatic rings. The summed E-state index contributed by atoms with van der Waals surface area (Å²) in [6.45, 7) is 2.56. The lowest BCUT2D eigenvalue weighted by Crippen LogP contribution is -1.99. The van der Waals surface area contributed by atoms with E-state index in [4.69, 9.17) is 0 Å². The molecule has 82 valence electrons. The number of aromatic hydroxyl groups is 1. The fourth-order valence-electron chi connectivity index (χ4n) is 1.54. The lowest BCUT2D eigenvalue weighted by Gasteiger charge is -2.04. The Labute approximate surface area is 92.3 Å². The molecule has 0 atom stereocenters. The highest BCUT2D eigenvalue weighted by atomic mass is 16.3. The Hall–Kier alpha value is -2.17. The van der Waals surface area contributed by atoms with Gasteiger partial charge in [-0.2, -0.15) is 0 Å². The summed E-state index contributed by atoms with van der Waals surface area (Å²) >= 11 is 0. The summed E-state index contributed by atoms with van der Waals surface area (Å²) in [6.07, 6.45) is 0.682. The van der Waals surface area contributed by atoms with Gasteiger partial charge in [0.25, 0.3) is 0 Å². The number of nitrogens with zero attached hydrogens (tertiary/aromatic N) is 3. The molecule has 0 unspecified atom stereocenters. The molecule has 5 nitrogen and oxygen atoms in total. The summed E-state index contributed by atoms with van der Waals surface area (Å²) in [5.74, 6) is 0.187. The number of aromatic nitrogens is 3. The Kier molecular flexibility index (Phi) is 2.68. The smallest absolute Gasteiger partial charge is 0.172 e. The average molecular weight is 217 g/mol. The number of hydrogen-bond donors (Lipinski definition) is 1. The molecule has 0 amide bonds. The third-order valence-corrected chi connectivity index (χ3v) is 2.31. The van der Waals surface area contributed by atoms with E-state index in [1.165, 1.54) is 0 Å². The van der Waals surface area contributed by atoms with Crippen molar-refractivity contribution in [2.45, 2.75) is 13.5 Å². The zero-order valence-corrected chi connectivity index (χ0v) is 8.79. The molecule has 0 bridgehead atoms. The van der Waals surface area contributed by atoms with Crippen molar-refractivity contribution in [1.29, 1.82) is 0 Å². The van der Waals surface area contributed by atoms with E-state index < -0.39 is 0 Å². The van der Waals surface area contributed by atoms with Crippen LogP contribution in [0, 0.1) is 0 Å². The van der Waals surface area contributed by atoms with Crippen molar-refractivity contribution in [3.05, 3.63) is 30.0 Å². The van der Waals surface area contributed by atoms with Gasteiger partial charge in [0.2, 0.25) is 0 Å². The lowest BCUT2D eigenvalue weighted by molar-refractivity contribution is 0.111. The second-order valence-electron chi connectivity index (χ2n) is 3.30. The largest absolute Gasteiger partial charge is 0.508 e. The van der Waals surface area contributed by atoms with Crippen LogP contribution in [-0.2, 0) is 6.54 Å². The van der Waals surface area contributed by atoms with Gasteiger partial charge < -0.3 is 5.11 Å². The maximum Gasteiger partial charge on any atom is 0.172 e. The Balaban J connectivity index is 2.57. The molecular weight excluding hydrogens is 206 g/mol. The highest BCUT2D eigenvalue weighted by Crippen LogP contribution is 2.23. The van der Waals surface area contributed by atoms with E-state index in [0.717, 1.165) is 5.56 Å². The summed E-state index contributed by atoms with van der Waals surface area (Å²) in [5, 5.41) is 16.9. The molecule has 0 aliphatic carbocycles. The van der Waals surface area contributed by atoms with Crippen LogP contribution in [0.15, 0.2) is 24.3 Å². The molecular formula is C11H11N3O2. The van der Waals surface area contributed by atoms with Gasteiger partial charge in [0.1, 0.15) is 5.75 Å². The Morgan fingerprint density at radius 3 is 2.62 bits per heavy atom. The van der Waals surface area contributed by atoms with Gasteiger partial charge >= 0.3 is 0 Å². The van der Waals surface area contributed by atoms with Crippen LogP contribution in [0.3, 0.4) is 0 Å². The van der Waals surface area contributed by atoms with Crippen molar-refractivity contribution >= 4 is 6.29 Å². The molecule has 0 radical (unpaired) electrons. The van der Waals surface area contributed by atoms with Crippen LogP contribution in [0.1, 0.15) is 17.4 Å². The van der Waals surface area contributed by atoms with Crippen molar-refractivity contribution in [3.63, 3.8) is 0 Å². The fraction of sp³-hybridized carbons (Fsp3) is 0.182. The van der Waals surface area contributed by atoms with Gasteiger partial charge in [0, 0.05) is 12.1 Å². The number of aldehydes is 1. The SMILES string of the molecule is CCn1nnc(C=O)c1-c1ccc(O)cc1. The molecule has 1 aromatic carbocycles. The van der Waals surface area contributed by atoms with Crippen LogP contribution >= 0.6 is 0 Å². The first kappa shape index (κ1) is 10.4. The molecule has 2 rings (SSSR count). The number of benzene rings is 1. The van der Waals surface area contributed by atoms with E-state index in [1.807, 2.05) is 6.92 Å². The predicted octanol–water partition coefficient (Wildman–Crippen LogP) is 1.48. The molecule has 16 heavy (non-hydrogen) atoms. The average Bonchev–Trinajstić information content (AvgIpc) is 2.73. The summed E-state index contributed by atoms with van der Waals surface area (Å²) in [4.78, 5) is 10.8. The predicted molar refractivity (Wildman–Crippen MR) is 58.2 cm³/mol. The first-order valence-corrected chi connectivity index (χ1v) is 4.94. The maximum atomic E-state index is 10.8. The van der Waals surface area contributed by atoms with Gasteiger partial charge in [-0.15, -0.1) is 5.10 Å². The third kappa shape index (κ3) is 1.67. The Bertz CT molecular complexity index is 502. The molecule has 1 N–H and O–H groups in total. The van der Waals surface area contributed by atoms with Gasteiger partial charge in [-0.1, -0.05) is 5.21 Å². The minimum Gasteiger partial charge on any atom is -0.508 e. The number of rotatable bonds is 3. The van der Waals surface area contributed by atoms with Crippen LogP contribution in [0.2, 0.25) is 0 Å². The second kappa shape index (κ2) is 4.14. The Morgan fingerprint density at radius 1 is 1.38 bits per heavy atom. The quantitative estimate of drug-likeness (QED) is 0.791. The first-order chi connectivity index (χ1) is 7.76. The molecule has 0 spiro atoms. The highest BCUT2D eigenvalue weighted by Gasteiger charge is 2.12. The number of carbonyl (C=O) groups is 1. The number of hydrogen-bond acceptors (Lipinski definition) is 4. The standard InChI is InChI=1S/C11H11N3O2/c1-2-14-11(10(7-15)12-13-14)8-3-5-9(16)6-4-8/h3-7,16H,2H2,1H3. The van der Waals surface area contributed by atoms with Crippen molar-refractivity contribution in [2.24, 2.45) is 0 Å². The zero-order valence-electron chi connectivity index (χ0n) is 8.79. The maximum absolute atomic E-state index is 10.8. The minimum absolute atomic E-state index is 0.187. The van der Waals surface area contributed by atoms with E-state index in [9.17, 15) is 9.90 Å².